The minimum Gasteiger partial charge on any atom is -0.395 e. The van der Waals surface area contributed by atoms with E-state index in [0.29, 0.717) is 16.7 Å². The molecule has 0 aliphatic carbocycles. The zero-order chi connectivity index (χ0) is 20.4. The number of fused-ring (bicyclic) bond motifs is 1. The third kappa shape index (κ3) is 4.27. The number of nitrogens with one attached hydrogen (secondary N) is 2. The van der Waals surface area contributed by atoms with E-state index in [1.54, 1.807) is 24.4 Å². The molecule has 3 N–H and O–H groups in total. The number of likely N-dealkylation sites (tertiary alicyclic amines) is 1. The fraction of sp³-hybridized carbons (Fsp3) is 0.273. The second-order valence-corrected chi connectivity index (χ2v) is 8.24. The second kappa shape index (κ2) is 8.49. The molecule has 1 atom stereocenters. The van der Waals surface area contributed by atoms with Gasteiger partial charge in [0.1, 0.15) is 0 Å². The summed E-state index contributed by atoms with van der Waals surface area (Å²) < 4.78 is 0.803. The van der Waals surface area contributed by atoms with Gasteiger partial charge < -0.3 is 10.4 Å². The van der Waals surface area contributed by atoms with Crippen LogP contribution in [0.15, 0.2) is 53.1 Å². The van der Waals surface area contributed by atoms with E-state index in [1.807, 2.05) is 24.3 Å². The Balaban J connectivity index is 1.49. The quantitative estimate of drug-likeness (QED) is 0.476. The number of aliphatic hydroxyl groups excluding tert-OH is 1. The fourth-order valence-corrected chi connectivity index (χ4v) is 4.21. The average Bonchev–Trinajstić information content (AvgIpc) is 3.16. The summed E-state index contributed by atoms with van der Waals surface area (Å²) in [5.74, 6) is -0.809. The van der Waals surface area contributed by atoms with Crippen LogP contribution in [0, 0.1) is 0 Å². The number of hydrogen-bond acceptors (Lipinski definition) is 5. The number of imide groups is 1. The van der Waals surface area contributed by atoms with E-state index in [4.69, 9.17) is 0 Å². The lowest BCUT2D eigenvalue weighted by atomic mass is 9.95. The van der Waals surface area contributed by atoms with Crippen molar-refractivity contribution in [2.45, 2.75) is 25.4 Å². The topological polar surface area (TPSA) is 81.7 Å². The van der Waals surface area contributed by atoms with Gasteiger partial charge in [-0.3, -0.25) is 19.8 Å². The van der Waals surface area contributed by atoms with E-state index in [0.717, 1.165) is 36.1 Å². The Hall–Kier alpha value is -2.48. The fourth-order valence-electron chi connectivity index (χ4n) is 3.85. The molecule has 2 aliphatic rings. The molecule has 0 unspecified atom stereocenters. The minimum atomic E-state index is -0.422. The molecule has 2 aliphatic heterocycles. The average molecular weight is 456 g/mol. The van der Waals surface area contributed by atoms with Crippen LogP contribution in [-0.2, 0) is 11.3 Å². The maximum Gasteiger partial charge on any atom is 0.260 e. The van der Waals surface area contributed by atoms with E-state index >= 15 is 0 Å². The highest BCUT2D eigenvalue weighted by Crippen LogP contribution is 2.27. The van der Waals surface area contributed by atoms with Crippen molar-refractivity contribution in [1.29, 1.82) is 0 Å². The molecule has 2 amide bonds. The maximum absolute atomic E-state index is 12.3. The molecule has 7 heteroatoms. The van der Waals surface area contributed by atoms with Crippen LogP contribution in [0.4, 0.5) is 5.69 Å². The number of benzene rings is 2. The smallest absolute Gasteiger partial charge is 0.260 e. The van der Waals surface area contributed by atoms with E-state index in [1.165, 1.54) is 5.56 Å². The Morgan fingerprint density at radius 2 is 1.93 bits per heavy atom. The van der Waals surface area contributed by atoms with Gasteiger partial charge in [0.15, 0.2) is 0 Å². The Kier molecular flexibility index (Phi) is 5.80. The van der Waals surface area contributed by atoms with E-state index in [-0.39, 0.29) is 18.6 Å². The Labute approximate surface area is 177 Å². The van der Waals surface area contributed by atoms with Crippen LogP contribution < -0.4 is 10.6 Å². The van der Waals surface area contributed by atoms with Crippen LogP contribution in [0.2, 0.25) is 0 Å². The zero-order valence-electron chi connectivity index (χ0n) is 15.8. The van der Waals surface area contributed by atoms with Gasteiger partial charge in [0, 0.05) is 40.1 Å². The predicted molar refractivity (Wildman–Crippen MR) is 115 cm³/mol. The summed E-state index contributed by atoms with van der Waals surface area (Å²) >= 11 is 3.40. The molecule has 0 aromatic heterocycles. The molecular formula is C22H22BrN3O3. The van der Waals surface area contributed by atoms with Crippen LogP contribution in [0.1, 0.15) is 34.3 Å². The van der Waals surface area contributed by atoms with Gasteiger partial charge in [-0.1, -0.05) is 28.1 Å². The largest absolute Gasteiger partial charge is 0.395 e. The van der Waals surface area contributed by atoms with Gasteiger partial charge in [-0.15, -0.1) is 0 Å². The Bertz CT molecular complexity index is 972. The molecule has 2 heterocycles. The summed E-state index contributed by atoms with van der Waals surface area (Å²) in [6.07, 6.45) is 3.80. The number of carbonyl (C=O) groups is 2. The van der Waals surface area contributed by atoms with Crippen LogP contribution in [0.3, 0.4) is 0 Å². The molecule has 4 rings (SSSR count). The lowest BCUT2D eigenvalue weighted by Crippen LogP contribution is -2.36. The van der Waals surface area contributed by atoms with E-state index in [2.05, 4.69) is 31.5 Å². The van der Waals surface area contributed by atoms with Gasteiger partial charge in [0.2, 0.25) is 0 Å². The van der Waals surface area contributed by atoms with Gasteiger partial charge in [-0.25, -0.2) is 0 Å². The van der Waals surface area contributed by atoms with Gasteiger partial charge in [-0.2, -0.15) is 0 Å². The highest BCUT2D eigenvalue weighted by molar-refractivity contribution is 9.10. The number of aliphatic hydroxyl groups is 1. The Morgan fingerprint density at radius 1 is 1.14 bits per heavy atom. The van der Waals surface area contributed by atoms with Gasteiger partial charge in [0.25, 0.3) is 11.8 Å². The maximum atomic E-state index is 12.3. The minimum absolute atomic E-state index is 0.204. The summed E-state index contributed by atoms with van der Waals surface area (Å²) in [6.45, 7) is 2.04. The van der Waals surface area contributed by atoms with Crippen LogP contribution in [0.25, 0.3) is 5.57 Å². The molecular weight excluding hydrogens is 434 g/mol. The van der Waals surface area contributed by atoms with Crippen LogP contribution >= 0.6 is 15.9 Å². The molecule has 0 bridgehead atoms. The van der Waals surface area contributed by atoms with Crippen LogP contribution in [-0.4, -0.2) is 41.0 Å². The Morgan fingerprint density at radius 3 is 2.69 bits per heavy atom. The molecule has 0 spiro atoms. The van der Waals surface area contributed by atoms with Crippen molar-refractivity contribution in [2.24, 2.45) is 0 Å². The van der Waals surface area contributed by atoms with Crippen molar-refractivity contribution in [1.82, 2.24) is 10.2 Å². The lowest BCUT2D eigenvalue weighted by Gasteiger charge is -2.22. The van der Waals surface area contributed by atoms with Crippen molar-refractivity contribution in [2.75, 3.05) is 18.5 Å². The number of amides is 2. The summed E-state index contributed by atoms with van der Waals surface area (Å²) in [5.41, 5.74) is 3.51. The molecule has 0 saturated carbocycles. The number of halogens is 1. The first-order chi connectivity index (χ1) is 14.0. The highest BCUT2D eigenvalue weighted by atomic mass is 79.9. The number of nitrogens with zero attached hydrogens (tertiary/aromatic N) is 1. The summed E-state index contributed by atoms with van der Waals surface area (Å²) in [6, 6.07) is 13.5. The molecule has 150 valence electrons. The zero-order valence-corrected chi connectivity index (χ0v) is 17.4. The van der Waals surface area contributed by atoms with Crippen molar-refractivity contribution >= 4 is 39.0 Å². The summed E-state index contributed by atoms with van der Waals surface area (Å²) in [7, 11) is 0. The first-order valence-corrected chi connectivity index (χ1v) is 10.4. The highest BCUT2D eigenvalue weighted by Gasteiger charge is 2.27. The van der Waals surface area contributed by atoms with Crippen molar-refractivity contribution < 1.29 is 14.7 Å². The molecule has 2 aromatic rings. The predicted octanol–water partition coefficient (Wildman–Crippen LogP) is 3.13. The number of hydrogen-bond donors (Lipinski definition) is 3. The third-order valence-corrected chi connectivity index (χ3v) is 5.91. The lowest BCUT2D eigenvalue weighted by molar-refractivity contribution is -0.114. The first-order valence-electron chi connectivity index (χ1n) is 9.61. The van der Waals surface area contributed by atoms with Crippen molar-refractivity contribution in [3.63, 3.8) is 0 Å². The number of anilines is 1. The van der Waals surface area contributed by atoms with Crippen molar-refractivity contribution in [3.05, 3.63) is 69.8 Å². The van der Waals surface area contributed by atoms with Crippen LogP contribution in [0.5, 0.6) is 0 Å². The third-order valence-electron chi connectivity index (χ3n) is 5.42. The van der Waals surface area contributed by atoms with Gasteiger partial charge >= 0.3 is 0 Å². The number of carbonyl (C=O) groups excluding carboxylic acids is 2. The molecule has 6 nitrogen and oxygen atoms in total. The SMILES string of the molecule is O=C1NC(=O)c2ccc(Br)cc2/C1=C/Nc1ccc(CN2CCC[C@H]2CO)cc1. The molecule has 2 aromatic carbocycles. The number of rotatable bonds is 5. The molecule has 1 fully saturated rings. The van der Waals surface area contributed by atoms with Crippen molar-refractivity contribution in [3.8, 4) is 0 Å². The van der Waals surface area contributed by atoms with E-state index < -0.39 is 5.91 Å². The first kappa shape index (κ1) is 19.8. The van der Waals surface area contributed by atoms with Gasteiger partial charge in [-0.05, 0) is 55.3 Å². The summed E-state index contributed by atoms with van der Waals surface area (Å²) in [5, 5.41) is 15.0. The molecule has 29 heavy (non-hydrogen) atoms. The monoisotopic (exact) mass is 455 g/mol. The molecule has 1 saturated heterocycles. The molecule has 0 radical (unpaired) electrons. The normalized spacial score (nSPS) is 20.6. The van der Waals surface area contributed by atoms with E-state index in [9.17, 15) is 14.7 Å². The second-order valence-electron chi connectivity index (χ2n) is 7.32. The standard InChI is InChI=1S/C22H22BrN3O3/c23-15-5-8-18-19(10-15)20(22(29)25-21(18)28)11-24-16-6-3-14(4-7-16)12-26-9-1-2-17(26)13-27/h3-8,10-11,17,24,27H,1-2,9,12-13H2,(H,25,28,29)/b20-11-/t17-/m0/s1. The van der Waals surface area contributed by atoms with Gasteiger partial charge in [0.05, 0.1) is 12.2 Å². The summed E-state index contributed by atoms with van der Waals surface area (Å²) in [4.78, 5) is 26.7.